The zero-order valence-corrected chi connectivity index (χ0v) is 12.3. The molecule has 0 unspecified atom stereocenters. The fourth-order valence-electron chi connectivity index (χ4n) is 2.60. The van der Waals surface area contributed by atoms with Crippen LogP contribution in [0.5, 0.6) is 0 Å². The van der Waals surface area contributed by atoms with Crippen LogP contribution in [0.1, 0.15) is 44.9 Å². The average molecular weight is 270 g/mol. The monoisotopic (exact) mass is 270 g/mol. The maximum absolute atomic E-state index is 12.0. The lowest BCUT2D eigenvalue weighted by molar-refractivity contribution is -0.137. The second-order valence-electron chi connectivity index (χ2n) is 5.82. The summed E-state index contributed by atoms with van der Waals surface area (Å²) in [5.74, 6) is -0.666. The van der Waals surface area contributed by atoms with Gasteiger partial charge in [0.2, 0.25) is 5.91 Å². The van der Waals surface area contributed by atoms with Crippen molar-refractivity contribution in [3.63, 3.8) is 0 Å². The first-order valence-electron chi connectivity index (χ1n) is 7.00. The standard InChI is InChI=1S/C14H26N2O3/c1-15(2)14(9-6-10-14)11-16(3)12(17)7-4-5-8-13(18)19/h4-11H2,1-3H3,(H,18,19). The van der Waals surface area contributed by atoms with Gasteiger partial charge in [0, 0.05) is 32.0 Å². The van der Waals surface area contributed by atoms with Gasteiger partial charge in [-0.1, -0.05) is 0 Å². The van der Waals surface area contributed by atoms with E-state index in [0.29, 0.717) is 19.3 Å². The number of hydrogen-bond acceptors (Lipinski definition) is 3. The number of nitrogens with zero attached hydrogens (tertiary/aromatic N) is 2. The Hall–Kier alpha value is -1.10. The van der Waals surface area contributed by atoms with Gasteiger partial charge in [-0.2, -0.15) is 0 Å². The number of rotatable bonds is 8. The molecule has 1 N–H and O–H groups in total. The van der Waals surface area contributed by atoms with Gasteiger partial charge >= 0.3 is 5.97 Å². The third-order valence-electron chi connectivity index (χ3n) is 4.22. The first-order chi connectivity index (χ1) is 8.87. The zero-order chi connectivity index (χ0) is 14.5. The minimum atomic E-state index is -0.790. The highest BCUT2D eigenvalue weighted by Crippen LogP contribution is 2.36. The summed E-state index contributed by atoms with van der Waals surface area (Å²) >= 11 is 0. The van der Waals surface area contributed by atoms with E-state index >= 15 is 0 Å². The van der Waals surface area contributed by atoms with Crippen LogP contribution in [0.4, 0.5) is 0 Å². The van der Waals surface area contributed by atoms with Gasteiger partial charge in [-0.15, -0.1) is 0 Å². The minimum Gasteiger partial charge on any atom is -0.481 e. The first kappa shape index (κ1) is 16.0. The Morgan fingerprint density at radius 1 is 1.11 bits per heavy atom. The van der Waals surface area contributed by atoms with Crippen LogP contribution in [0.15, 0.2) is 0 Å². The maximum atomic E-state index is 12.0. The lowest BCUT2D eigenvalue weighted by atomic mass is 9.75. The Labute approximate surface area is 115 Å². The van der Waals surface area contributed by atoms with Crippen LogP contribution in [0, 0.1) is 0 Å². The van der Waals surface area contributed by atoms with Gasteiger partial charge in [0.05, 0.1) is 0 Å². The van der Waals surface area contributed by atoms with Gasteiger partial charge < -0.3 is 14.9 Å². The molecular formula is C14H26N2O3. The molecule has 0 aromatic rings. The molecule has 110 valence electrons. The molecule has 19 heavy (non-hydrogen) atoms. The molecule has 1 amide bonds. The van der Waals surface area contributed by atoms with Crippen LogP contribution in [0.25, 0.3) is 0 Å². The molecule has 0 heterocycles. The smallest absolute Gasteiger partial charge is 0.303 e. The average Bonchev–Trinajstić information content (AvgIpc) is 2.27. The first-order valence-corrected chi connectivity index (χ1v) is 7.00. The summed E-state index contributed by atoms with van der Waals surface area (Å²) in [6, 6.07) is 0. The summed E-state index contributed by atoms with van der Waals surface area (Å²) in [6.07, 6.45) is 5.37. The summed E-state index contributed by atoms with van der Waals surface area (Å²) in [5, 5.41) is 8.54. The number of amides is 1. The van der Waals surface area contributed by atoms with Crippen LogP contribution in [-0.2, 0) is 9.59 Å². The number of unbranched alkanes of at least 4 members (excludes halogenated alkanes) is 1. The minimum absolute atomic E-state index is 0.124. The van der Waals surface area contributed by atoms with Crippen LogP contribution < -0.4 is 0 Å². The third kappa shape index (κ3) is 4.49. The van der Waals surface area contributed by atoms with Crippen LogP contribution >= 0.6 is 0 Å². The highest BCUT2D eigenvalue weighted by molar-refractivity contribution is 5.76. The molecule has 5 heteroatoms. The highest BCUT2D eigenvalue weighted by atomic mass is 16.4. The Morgan fingerprint density at radius 2 is 1.68 bits per heavy atom. The fraction of sp³-hybridized carbons (Fsp3) is 0.857. The Morgan fingerprint density at radius 3 is 2.11 bits per heavy atom. The lowest BCUT2D eigenvalue weighted by Gasteiger charge is -2.49. The SMILES string of the molecule is CN(CC1(N(C)C)CCC1)C(=O)CCCCC(=O)O. The highest BCUT2D eigenvalue weighted by Gasteiger charge is 2.40. The number of carbonyl (C=O) groups excluding carboxylic acids is 1. The van der Waals surface area contributed by atoms with Crippen LogP contribution in [0.2, 0.25) is 0 Å². The number of carbonyl (C=O) groups is 2. The molecule has 1 rings (SSSR count). The number of aliphatic carboxylic acids is 1. The molecule has 0 radical (unpaired) electrons. The number of carboxylic acid groups (broad SMARTS) is 1. The Kier molecular flexibility index (Phi) is 5.79. The largest absolute Gasteiger partial charge is 0.481 e. The van der Waals surface area contributed by atoms with E-state index in [4.69, 9.17) is 5.11 Å². The van der Waals surface area contributed by atoms with E-state index in [9.17, 15) is 9.59 Å². The summed E-state index contributed by atoms with van der Waals surface area (Å²) in [4.78, 5) is 26.4. The van der Waals surface area contributed by atoms with Gasteiger partial charge in [-0.25, -0.2) is 0 Å². The van der Waals surface area contributed by atoms with E-state index in [1.807, 2.05) is 7.05 Å². The van der Waals surface area contributed by atoms with E-state index in [1.165, 1.54) is 6.42 Å². The molecule has 1 aliphatic carbocycles. The van der Waals surface area contributed by atoms with Gasteiger partial charge in [0.1, 0.15) is 0 Å². The van der Waals surface area contributed by atoms with Crippen molar-refractivity contribution in [1.82, 2.24) is 9.80 Å². The molecular weight excluding hydrogens is 244 g/mol. The van der Waals surface area contributed by atoms with Crippen molar-refractivity contribution in [2.45, 2.75) is 50.5 Å². The van der Waals surface area contributed by atoms with E-state index in [2.05, 4.69) is 19.0 Å². The Balaban J connectivity index is 2.30. The van der Waals surface area contributed by atoms with E-state index in [0.717, 1.165) is 19.4 Å². The van der Waals surface area contributed by atoms with Crippen LogP contribution in [-0.4, -0.2) is 60.0 Å². The normalized spacial score (nSPS) is 17.1. The molecule has 1 fully saturated rings. The van der Waals surface area contributed by atoms with Gasteiger partial charge in [-0.05, 0) is 46.2 Å². The van der Waals surface area contributed by atoms with E-state index in [-0.39, 0.29) is 17.9 Å². The number of hydrogen-bond donors (Lipinski definition) is 1. The second-order valence-corrected chi connectivity index (χ2v) is 5.82. The predicted octanol–water partition coefficient (Wildman–Crippen LogP) is 1.57. The molecule has 5 nitrogen and oxygen atoms in total. The molecule has 0 aromatic carbocycles. The Bertz CT molecular complexity index is 325. The predicted molar refractivity (Wildman–Crippen MR) is 74.0 cm³/mol. The maximum Gasteiger partial charge on any atom is 0.303 e. The zero-order valence-electron chi connectivity index (χ0n) is 12.3. The molecule has 1 aliphatic rings. The van der Waals surface area contributed by atoms with Gasteiger partial charge in [-0.3, -0.25) is 9.59 Å². The second kappa shape index (κ2) is 6.89. The fourth-order valence-corrected chi connectivity index (χ4v) is 2.60. The van der Waals surface area contributed by atoms with Crippen molar-refractivity contribution >= 4 is 11.9 Å². The molecule has 0 aliphatic heterocycles. The number of carboxylic acids is 1. The van der Waals surface area contributed by atoms with Gasteiger partial charge in [0.25, 0.3) is 0 Å². The molecule has 0 saturated heterocycles. The van der Waals surface area contributed by atoms with Gasteiger partial charge in [0.15, 0.2) is 0 Å². The molecule has 0 aromatic heterocycles. The van der Waals surface area contributed by atoms with E-state index < -0.39 is 5.97 Å². The molecule has 1 saturated carbocycles. The summed E-state index contributed by atoms with van der Waals surface area (Å²) < 4.78 is 0. The number of likely N-dealkylation sites (N-methyl/N-ethyl adjacent to an activating group) is 2. The summed E-state index contributed by atoms with van der Waals surface area (Å²) in [5.41, 5.74) is 0.158. The third-order valence-corrected chi connectivity index (χ3v) is 4.22. The van der Waals surface area contributed by atoms with Crippen LogP contribution in [0.3, 0.4) is 0 Å². The van der Waals surface area contributed by atoms with Crippen molar-refractivity contribution in [2.75, 3.05) is 27.7 Å². The summed E-state index contributed by atoms with van der Waals surface area (Å²) in [7, 11) is 6.00. The molecule has 0 atom stereocenters. The van der Waals surface area contributed by atoms with Crippen molar-refractivity contribution < 1.29 is 14.7 Å². The lowest BCUT2D eigenvalue weighted by Crippen LogP contribution is -2.57. The van der Waals surface area contributed by atoms with Crippen molar-refractivity contribution in [2.24, 2.45) is 0 Å². The topological polar surface area (TPSA) is 60.9 Å². The summed E-state index contributed by atoms with van der Waals surface area (Å²) in [6.45, 7) is 0.776. The van der Waals surface area contributed by atoms with E-state index in [1.54, 1.807) is 4.90 Å². The van der Waals surface area contributed by atoms with Crippen molar-refractivity contribution in [3.05, 3.63) is 0 Å². The molecule has 0 spiro atoms. The quantitative estimate of drug-likeness (QED) is 0.680. The molecule has 0 bridgehead atoms. The van der Waals surface area contributed by atoms with Crippen molar-refractivity contribution in [1.29, 1.82) is 0 Å². The van der Waals surface area contributed by atoms with Crippen molar-refractivity contribution in [3.8, 4) is 0 Å².